The van der Waals surface area contributed by atoms with Crippen molar-refractivity contribution in [1.29, 1.82) is 0 Å². The summed E-state index contributed by atoms with van der Waals surface area (Å²) in [4.78, 5) is 38.2. The van der Waals surface area contributed by atoms with Crippen molar-refractivity contribution in [3.63, 3.8) is 0 Å². The van der Waals surface area contributed by atoms with E-state index in [2.05, 4.69) is 10.6 Å². The molecule has 0 aromatic heterocycles. The van der Waals surface area contributed by atoms with Crippen LogP contribution in [0.25, 0.3) is 6.08 Å². The number of rotatable bonds is 8. The van der Waals surface area contributed by atoms with E-state index in [0.29, 0.717) is 31.1 Å². The van der Waals surface area contributed by atoms with E-state index in [1.54, 1.807) is 30.2 Å². The molecule has 0 unspecified atom stereocenters. The van der Waals surface area contributed by atoms with E-state index in [9.17, 15) is 14.4 Å². The smallest absolute Gasteiger partial charge is 0.244 e. The normalized spacial score (nSPS) is 16.0. The summed E-state index contributed by atoms with van der Waals surface area (Å²) >= 11 is 0. The van der Waals surface area contributed by atoms with Gasteiger partial charge in [-0.15, -0.1) is 0 Å². The zero-order chi connectivity index (χ0) is 21.3. The lowest BCUT2D eigenvalue weighted by molar-refractivity contribution is -0.126. The number of hydrogen-bond acceptors (Lipinski definition) is 4. The molecule has 0 spiro atoms. The minimum absolute atomic E-state index is 0.0947. The molecule has 30 heavy (non-hydrogen) atoms. The van der Waals surface area contributed by atoms with Gasteiger partial charge < -0.3 is 20.3 Å². The molecule has 0 bridgehead atoms. The Bertz CT molecular complexity index is 927. The Balaban J connectivity index is 1.41. The molecule has 3 rings (SSSR count). The third kappa shape index (κ3) is 5.70. The van der Waals surface area contributed by atoms with Crippen LogP contribution in [0.3, 0.4) is 0 Å². The summed E-state index contributed by atoms with van der Waals surface area (Å²) in [5.74, 6) is -0.276. The van der Waals surface area contributed by atoms with E-state index < -0.39 is 5.92 Å². The van der Waals surface area contributed by atoms with Crippen LogP contribution in [-0.2, 0) is 14.4 Å². The number of ether oxygens (including phenoxy) is 1. The standard InChI is InChI=1S/C23H25N3O4/c1-30-20-9-5-8-19(15-20)26-16-18(14-22(26)28)23(29)25-13-12-24-21(27)11-10-17-6-3-2-4-7-17/h2-11,15,18H,12-14,16H2,1H3,(H,24,27)(H,25,29)/b11-10+/t18-/m1/s1. The number of anilines is 1. The topological polar surface area (TPSA) is 87.7 Å². The van der Waals surface area contributed by atoms with E-state index in [-0.39, 0.29) is 24.1 Å². The average molecular weight is 407 g/mol. The molecule has 0 aliphatic carbocycles. The highest BCUT2D eigenvalue weighted by molar-refractivity contribution is 6.00. The zero-order valence-corrected chi connectivity index (χ0v) is 16.8. The summed E-state index contributed by atoms with van der Waals surface area (Å²) in [6, 6.07) is 16.7. The summed E-state index contributed by atoms with van der Waals surface area (Å²) < 4.78 is 5.19. The predicted molar refractivity (Wildman–Crippen MR) is 115 cm³/mol. The van der Waals surface area contributed by atoms with Gasteiger partial charge in [0.2, 0.25) is 17.7 Å². The van der Waals surface area contributed by atoms with Gasteiger partial charge in [-0.05, 0) is 23.8 Å². The lowest BCUT2D eigenvalue weighted by Crippen LogP contribution is -2.38. The Morgan fingerprint density at radius 3 is 2.63 bits per heavy atom. The highest BCUT2D eigenvalue weighted by Crippen LogP contribution is 2.27. The van der Waals surface area contributed by atoms with Gasteiger partial charge in [0.15, 0.2) is 0 Å². The quantitative estimate of drug-likeness (QED) is 0.518. The lowest BCUT2D eigenvalue weighted by atomic mass is 10.1. The molecule has 1 fully saturated rings. The second-order valence-electron chi connectivity index (χ2n) is 6.93. The van der Waals surface area contributed by atoms with Gasteiger partial charge in [-0.1, -0.05) is 36.4 Å². The van der Waals surface area contributed by atoms with Crippen molar-refractivity contribution in [2.75, 3.05) is 31.6 Å². The van der Waals surface area contributed by atoms with Crippen molar-refractivity contribution in [2.24, 2.45) is 5.92 Å². The largest absolute Gasteiger partial charge is 0.497 e. The first-order valence-electron chi connectivity index (χ1n) is 9.80. The number of methoxy groups -OCH3 is 1. The van der Waals surface area contributed by atoms with Gasteiger partial charge in [0.25, 0.3) is 0 Å². The molecule has 0 saturated carbocycles. The highest BCUT2D eigenvalue weighted by atomic mass is 16.5. The second kappa shape index (κ2) is 10.2. The van der Waals surface area contributed by atoms with Crippen molar-refractivity contribution in [3.8, 4) is 5.75 Å². The average Bonchev–Trinajstić information content (AvgIpc) is 3.17. The molecule has 2 N–H and O–H groups in total. The Kier molecular flexibility index (Phi) is 7.21. The Morgan fingerprint density at radius 2 is 1.87 bits per heavy atom. The van der Waals surface area contributed by atoms with Crippen LogP contribution in [0, 0.1) is 5.92 Å². The molecule has 1 heterocycles. The van der Waals surface area contributed by atoms with Crippen LogP contribution in [0.4, 0.5) is 5.69 Å². The molecule has 7 heteroatoms. The lowest BCUT2D eigenvalue weighted by Gasteiger charge is -2.17. The molecular weight excluding hydrogens is 382 g/mol. The molecule has 3 amide bonds. The maximum atomic E-state index is 12.4. The zero-order valence-electron chi connectivity index (χ0n) is 16.8. The van der Waals surface area contributed by atoms with Gasteiger partial charge in [0.05, 0.1) is 13.0 Å². The molecule has 2 aromatic carbocycles. The van der Waals surface area contributed by atoms with Gasteiger partial charge >= 0.3 is 0 Å². The van der Waals surface area contributed by atoms with Gasteiger partial charge in [0, 0.05) is 43.9 Å². The molecule has 7 nitrogen and oxygen atoms in total. The summed E-state index contributed by atoms with van der Waals surface area (Å²) in [5, 5.41) is 5.51. The SMILES string of the molecule is COc1cccc(N2C[C@H](C(=O)NCCNC(=O)/C=C/c3ccccc3)CC2=O)c1. The Labute approximate surface area is 175 Å². The van der Waals surface area contributed by atoms with E-state index in [4.69, 9.17) is 4.74 Å². The third-order valence-corrected chi connectivity index (χ3v) is 4.81. The van der Waals surface area contributed by atoms with Crippen molar-refractivity contribution in [1.82, 2.24) is 10.6 Å². The fourth-order valence-corrected chi connectivity index (χ4v) is 3.22. The summed E-state index contributed by atoms with van der Waals surface area (Å²) in [6.07, 6.45) is 3.35. The summed E-state index contributed by atoms with van der Waals surface area (Å²) in [5.41, 5.74) is 1.65. The Morgan fingerprint density at radius 1 is 1.10 bits per heavy atom. The second-order valence-corrected chi connectivity index (χ2v) is 6.93. The maximum absolute atomic E-state index is 12.4. The van der Waals surface area contributed by atoms with E-state index >= 15 is 0 Å². The number of nitrogens with zero attached hydrogens (tertiary/aromatic N) is 1. The molecule has 1 atom stereocenters. The molecule has 1 saturated heterocycles. The van der Waals surface area contributed by atoms with E-state index in [0.717, 1.165) is 5.56 Å². The van der Waals surface area contributed by atoms with Crippen molar-refractivity contribution >= 4 is 29.5 Å². The summed E-state index contributed by atoms with van der Waals surface area (Å²) in [6.45, 7) is 0.932. The van der Waals surface area contributed by atoms with Crippen LogP contribution in [-0.4, -0.2) is 44.5 Å². The van der Waals surface area contributed by atoms with Crippen LogP contribution in [0.2, 0.25) is 0 Å². The molecule has 1 aliphatic heterocycles. The highest BCUT2D eigenvalue weighted by Gasteiger charge is 2.35. The van der Waals surface area contributed by atoms with Crippen LogP contribution in [0.5, 0.6) is 5.75 Å². The number of amides is 3. The van der Waals surface area contributed by atoms with Crippen LogP contribution >= 0.6 is 0 Å². The number of carbonyl (C=O) groups is 3. The first kappa shape index (κ1) is 21.1. The third-order valence-electron chi connectivity index (χ3n) is 4.81. The number of nitrogens with one attached hydrogen (secondary N) is 2. The van der Waals surface area contributed by atoms with Crippen molar-refractivity contribution in [3.05, 3.63) is 66.2 Å². The Hall–Kier alpha value is -3.61. The van der Waals surface area contributed by atoms with E-state index in [1.165, 1.54) is 6.08 Å². The van der Waals surface area contributed by atoms with Crippen LogP contribution < -0.4 is 20.3 Å². The van der Waals surface area contributed by atoms with Crippen molar-refractivity contribution in [2.45, 2.75) is 6.42 Å². The van der Waals surface area contributed by atoms with Gasteiger partial charge in [-0.2, -0.15) is 0 Å². The molecule has 156 valence electrons. The van der Waals surface area contributed by atoms with Gasteiger partial charge in [-0.25, -0.2) is 0 Å². The van der Waals surface area contributed by atoms with Gasteiger partial charge in [0.1, 0.15) is 5.75 Å². The minimum Gasteiger partial charge on any atom is -0.497 e. The maximum Gasteiger partial charge on any atom is 0.244 e. The van der Waals surface area contributed by atoms with Crippen LogP contribution in [0.1, 0.15) is 12.0 Å². The first-order valence-corrected chi connectivity index (χ1v) is 9.80. The first-order chi connectivity index (χ1) is 14.6. The molecule has 1 aliphatic rings. The fourth-order valence-electron chi connectivity index (χ4n) is 3.22. The molecular formula is C23H25N3O4. The van der Waals surface area contributed by atoms with Crippen LogP contribution in [0.15, 0.2) is 60.7 Å². The van der Waals surface area contributed by atoms with Crippen molar-refractivity contribution < 1.29 is 19.1 Å². The fraction of sp³-hybridized carbons (Fsp3) is 0.261. The molecule has 2 aromatic rings. The minimum atomic E-state index is -0.419. The van der Waals surface area contributed by atoms with Gasteiger partial charge in [-0.3, -0.25) is 14.4 Å². The number of benzene rings is 2. The van der Waals surface area contributed by atoms with E-state index in [1.807, 2.05) is 42.5 Å². The number of carbonyl (C=O) groups excluding carboxylic acids is 3. The summed E-state index contributed by atoms with van der Waals surface area (Å²) in [7, 11) is 1.57. The monoisotopic (exact) mass is 407 g/mol. The number of hydrogen-bond donors (Lipinski definition) is 2. The molecule has 0 radical (unpaired) electrons. The predicted octanol–water partition coefficient (Wildman–Crippen LogP) is 1.99.